The quantitative estimate of drug-likeness (QED) is 0.0169. The summed E-state index contributed by atoms with van der Waals surface area (Å²) < 4.78 is 68.5. The molecule has 0 aliphatic carbocycles. The van der Waals surface area contributed by atoms with Crippen LogP contribution in [0.1, 0.15) is 349 Å². The fourth-order valence-corrected chi connectivity index (χ4v) is 12.3. The molecule has 0 aliphatic rings. The highest BCUT2D eigenvalue weighted by molar-refractivity contribution is 7.47. The van der Waals surface area contributed by atoms with Gasteiger partial charge in [0.25, 0.3) is 0 Å². The lowest BCUT2D eigenvalue weighted by atomic mass is 10.0. The molecule has 0 amide bonds. The molecule has 17 nitrogen and oxygen atoms in total. The van der Waals surface area contributed by atoms with Crippen LogP contribution in [0.2, 0.25) is 0 Å². The van der Waals surface area contributed by atoms with E-state index in [1.165, 1.54) is 128 Å². The van der Waals surface area contributed by atoms with Crippen LogP contribution in [0.4, 0.5) is 0 Å². The van der Waals surface area contributed by atoms with Crippen LogP contribution in [0.5, 0.6) is 0 Å². The average molecular weight is 1450 g/mol. The van der Waals surface area contributed by atoms with E-state index in [4.69, 9.17) is 37.0 Å². The first-order valence-electron chi connectivity index (χ1n) is 39.8. The van der Waals surface area contributed by atoms with Crippen molar-refractivity contribution in [3.63, 3.8) is 0 Å². The standard InChI is InChI=1S/C81H144O17P2/c1-5-9-13-17-21-25-29-33-36-37-40-43-46-50-54-58-62-66-79(84)92-71-76(97-80(85)67-63-59-55-51-47-41-32-28-24-20-16-12-8-4)73-95-99(87,88)93-69-75(82)70-94-100(89,90)96-74-77(98-81(86)68-64-60-56-52-48-44-39-35-31-27-23-19-15-11-7-3)72-91-78(83)65-61-57-53-49-45-42-38-34-30-26-22-18-14-10-6-2/h21,23,25,27,33-36,38-40,43,50,54,75-77,82H,5-20,22,24,26,28-32,37,41-42,44-49,51-53,55-74H2,1-4H3,(H,87,88)(H,89,90)/b25-21-,27-23-,36-33-,38-34-,39-35-,43-40-,54-50-/t75-,76-,77-/m1/s1. The third kappa shape index (κ3) is 72.6. The molecule has 0 aromatic heterocycles. The van der Waals surface area contributed by atoms with Gasteiger partial charge in [-0.3, -0.25) is 37.3 Å². The SMILES string of the molecule is CCCCC/C=C\C/C=C\C/C=C\C/C=C\CCCC(=O)OC[C@H](COP(=O)(O)OC[C@@H](O)COP(=O)(O)OC[C@@H](COC(=O)CCCCCCC/C=C\CCCCCCCC)OC(=O)CCCCCCC/C=C\C/C=C\CCCCC)OC(=O)CCCCCCCCCCCCCCC. The molecule has 2 unspecified atom stereocenters. The van der Waals surface area contributed by atoms with Gasteiger partial charge in [0.1, 0.15) is 19.3 Å². The molecule has 100 heavy (non-hydrogen) atoms. The summed E-state index contributed by atoms with van der Waals surface area (Å²) in [4.78, 5) is 72.9. The fourth-order valence-electron chi connectivity index (χ4n) is 10.7. The van der Waals surface area contributed by atoms with Crippen LogP contribution < -0.4 is 0 Å². The van der Waals surface area contributed by atoms with Crippen molar-refractivity contribution in [3.8, 4) is 0 Å². The number of hydrogen-bond donors (Lipinski definition) is 3. The molecule has 19 heteroatoms. The Morgan fingerprint density at radius 2 is 0.500 bits per heavy atom. The lowest BCUT2D eigenvalue weighted by Gasteiger charge is -2.21. The Morgan fingerprint density at radius 3 is 0.820 bits per heavy atom. The summed E-state index contributed by atoms with van der Waals surface area (Å²) in [6.45, 7) is 4.77. The number of hydrogen-bond acceptors (Lipinski definition) is 15. The molecule has 0 saturated carbocycles. The Kier molecular flexibility index (Phi) is 70.8. The zero-order chi connectivity index (χ0) is 73.2. The van der Waals surface area contributed by atoms with Crippen LogP contribution in [0.15, 0.2) is 85.1 Å². The maximum Gasteiger partial charge on any atom is 0.472 e. The Labute approximate surface area is 608 Å². The molecule has 0 spiro atoms. The summed E-state index contributed by atoms with van der Waals surface area (Å²) in [5.74, 6) is -2.24. The number of aliphatic hydroxyl groups is 1. The zero-order valence-corrected chi connectivity index (χ0v) is 65.2. The lowest BCUT2D eigenvalue weighted by Crippen LogP contribution is -2.30. The largest absolute Gasteiger partial charge is 0.472 e. The van der Waals surface area contributed by atoms with E-state index in [2.05, 4.69) is 101 Å². The highest BCUT2D eigenvalue weighted by atomic mass is 31.2. The first-order valence-corrected chi connectivity index (χ1v) is 42.8. The second-order valence-electron chi connectivity index (χ2n) is 26.7. The van der Waals surface area contributed by atoms with Crippen molar-refractivity contribution < 1.29 is 80.2 Å². The first kappa shape index (κ1) is 96.2. The van der Waals surface area contributed by atoms with Gasteiger partial charge in [-0.15, -0.1) is 0 Å². The number of phosphoric ester groups is 2. The number of allylic oxidation sites excluding steroid dienone is 14. The molecule has 0 saturated heterocycles. The van der Waals surface area contributed by atoms with E-state index in [1.54, 1.807) is 0 Å². The Bertz CT molecular complexity index is 2230. The van der Waals surface area contributed by atoms with Gasteiger partial charge < -0.3 is 33.8 Å². The maximum absolute atomic E-state index is 13.1. The molecule has 0 heterocycles. The number of aliphatic hydroxyl groups excluding tert-OH is 1. The lowest BCUT2D eigenvalue weighted by molar-refractivity contribution is -0.161. The van der Waals surface area contributed by atoms with Gasteiger partial charge in [0.15, 0.2) is 12.2 Å². The summed E-state index contributed by atoms with van der Waals surface area (Å²) in [6, 6.07) is 0. The highest BCUT2D eigenvalue weighted by Crippen LogP contribution is 2.45. The normalized spacial score (nSPS) is 14.3. The molecule has 580 valence electrons. The summed E-state index contributed by atoms with van der Waals surface area (Å²) in [6.07, 6.45) is 75.7. The Morgan fingerprint density at radius 1 is 0.280 bits per heavy atom. The monoisotopic (exact) mass is 1450 g/mol. The molecule has 3 N–H and O–H groups in total. The Hall–Kier alpha value is -3.76. The minimum atomic E-state index is -4.98. The van der Waals surface area contributed by atoms with Gasteiger partial charge in [0.2, 0.25) is 0 Å². The average Bonchev–Trinajstić information content (AvgIpc) is 0.965. The van der Waals surface area contributed by atoms with Crippen LogP contribution in [-0.2, 0) is 65.4 Å². The summed E-state index contributed by atoms with van der Waals surface area (Å²) in [7, 11) is -9.96. The van der Waals surface area contributed by atoms with Gasteiger partial charge in [-0.1, -0.05) is 286 Å². The second-order valence-corrected chi connectivity index (χ2v) is 29.6. The summed E-state index contributed by atoms with van der Waals surface area (Å²) in [5.41, 5.74) is 0. The predicted molar refractivity (Wildman–Crippen MR) is 409 cm³/mol. The van der Waals surface area contributed by atoms with Gasteiger partial charge in [0.05, 0.1) is 26.4 Å². The molecule has 0 aliphatic heterocycles. The molecule has 0 rings (SSSR count). The number of ether oxygens (including phenoxy) is 4. The summed E-state index contributed by atoms with van der Waals surface area (Å²) in [5, 5.41) is 10.6. The summed E-state index contributed by atoms with van der Waals surface area (Å²) >= 11 is 0. The van der Waals surface area contributed by atoms with Crippen molar-refractivity contribution >= 4 is 39.5 Å². The number of rotatable bonds is 75. The van der Waals surface area contributed by atoms with Gasteiger partial charge in [-0.25, -0.2) is 9.13 Å². The molecule has 0 aromatic carbocycles. The van der Waals surface area contributed by atoms with E-state index in [1.807, 2.05) is 12.2 Å². The van der Waals surface area contributed by atoms with Crippen LogP contribution >= 0.6 is 15.6 Å². The molecule has 0 radical (unpaired) electrons. The van der Waals surface area contributed by atoms with Crippen LogP contribution in [0.3, 0.4) is 0 Å². The third-order valence-electron chi connectivity index (χ3n) is 16.8. The molecule has 0 aromatic rings. The van der Waals surface area contributed by atoms with Gasteiger partial charge in [-0.2, -0.15) is 0 Å². The maximum atomic E-state index is 13.1. The number of esters is 4. The molecular weight excluding hydrogens is 1310 g/mol. The van der Waals surface area contributed by atoms with E-state index >= 15 is 0 Å². The molecule has 5 atom stereocenters. The van der Waals surface area contributed by atoms with E-state index in [9.17, 15) is 43.2 Å². The van der Waals surface area contributed by atoms with E-state index in [0.717, 1.165) is 135 Å². The molecule has 0 bridgehead atoms. The van der Waals surface area contributed by atoms with Crippen molar-refractivity contribution in [2.75, 3.05) is 39.6 Å². The van der Waals surface area contributed by atoms with E-state index in [-0.39, 0.29) is 25.7 Å². The smallest absolute Gasteiger partial charge is 0.462 e. The van der Waals surface area contributed by atoms with Crippen molar-refractivity contribution in [3.05, 3.63) is 85.1 Å². The number of carbonyl (C=O) groups is 4. The zero-order valence-electron chi connectivity index (χ0n) is 63.4. The first-order chi connectivity index (χ1) is 48.7. The van der Waals surface area contributed by atoms with Gasteiger partial charge in [-0.05, 0) is 122 Å². The predicted octanol–water partition coefficient (Wildman–Crippen LogP) is 23.0. The number of unbranched alkanes of at least 4 members (excludes halogenated alkanes) is 35. The van der Waals surface area contributed by atoms with Gasteiger partial charge >= 0.3 is 39.5 Å². The van der Waals surface area contributed by atoms with Gasteiger partial charge in [0, 0.05) is 25.7 Å². The molecular formula is C81H144O17P2. The minimum Gasteiger partial charge on any atom is -0.462 e. The fraction of sp³-hybridized carbons (Fsp3) is 0.778. The minimum absolute atomic E-state index is 0.0782. The molecule has 0 fully saturated rings. The third-order valence-corrected chi connectivity index (χ3v) is 18.7. The topological polar surface area (TPSA) is 237 Å². The van der Waals surface area contributed by atoms with E-state index < -0.39 is 97.5 Å². The number of phosphoric acid groups is 2. The Balaban J connectivity index is 5.39. The van der Waals surface area contributed by atoms with Crippen LogP contribution in [0.25, 0.3) is 0 Å². The van der Waals surface area contributed by atoms with Crippen molar-refractivity contribution in [2.45, 2.75) is 367 Å². The van der Waals surface area contributed by atoms with E-state index in [0.29, 0.717) is 32.1 Å². The van der Waals surface area contributed by atoms with Crippen LogP contribution in [0, 0.1) is 0 Å². The highest BCUT2D eigenvalue weighted by Gasteiger charge is 2.30. The van der Waals surface area contributed by atoms with Crippen molar-refractivity contribution in [1.82, 2.24) is 0 Å². The van der Waals surface area contributed by atoms with Crippen molar-refractivity contribution in [1.29, 1.82) is 0 Å². The number of carbonyl (C=O) groups excluding carboxylic acids is 4. The second kappa shape index (κ2) is 73.5. The van der Waals surface area contributed by atoms with Crippen LogP contribution in [-0.4, -0.2) is 96.7 Å². The van der Waals surface area contributed by atoms with Crippen molar-refractivity contribution in [2.24, 2.45) is 0 Å².